The number of hydrogen-bond acceptors (Lipinski definition) is 5. The van der Waals surface area contributed by atoms with Crippen LogP contribution in [0.25, 0.3) is 0 Å². The second kappa shape index (κ2) is 7.13. The van der Waals surface area contributed by atoms with Crippen molar-refractivity contribution in [1.82, 2.24) is 20.4 Å². The molecular formula is C18H24N4O3. The average molecular weight is 344 g/mol. The summed E-state index contributed by atoms with van der Waals surface area (Å²) in [6, 6.07) is 3.94. The number of hydrogen-bond donors (Lipinski definition) is 1. The van der Waals surface area contributed by atoms with Gasteiger partial charge in [-0.25, -0.2) is 4.79 Å². The van der Waals surface area contributed by atoms with Gasteiger partial charge in [0.25, 0.3) is 0 Å². The maximum atomic E-state index is 12.6. The van der Waals surface area contributed by atoms with Crippen molar-refractivity contribution in [2.24, 2.45) is 0 Å². The minimum atomic E-state index is -0.173. The number of urea groups is 1. The van der Waals surface area contributed by atoms with E-state index in [1.807, 2.05) is 20.8 Å². The van der Waals surface area contributed by atoms with Crippen LogP contribution in [0.5, 0.6) is 5.75 Å². The van der Waals surface area contributed by atoms with E-state index in [1.165, 1.54) is 0 Å². The molecule has 0 saturated carbocycles. The Hall–Kier alpha value is -2.57. The molecule has 0 unspecified atom stereocenters. The molecule has 134 valence electrons. The van der Waals surface area contributed by atoms with Crippen molar-refractivity contribution < 1.29 is 14.1 Å². The lowest BCUT2D eigenvalue weighted by molar-refractivity contribution is 0.188. The van der Waals surface area contributed by atoms with Gasteiger partial charge in [0, 0.05) is 25.5 Å². The van der Waals surface area contributed by atoms with Gasteiger partial charge >= 0.3 is 6.03 Å². The summed E-state index contributed by atoms with van der Waals surface area (Å²) in [5.41, 5.74) is 3.30. The lowest BCUT2D eigenvalue weighted by Gasteiger charge is -2.29. The molecule has 2 amide bonds. The molecule has 1 N–H and O–H groups in total. The number of aromatic nitrogens is 2. The third kappa shape index (κ3) is 3.75. The highest BCUT2D eigenvalue weighted by Crippen LogP contribution is 2.35. The first kappa shape index (κ1) is 17.3. The zero-order valence-electron chi connectivity index (χ0n) is 15.1. The molecule has 2 heterocycles. The quantitative estimate of drug-likeness (QED) is 0.922. The lowest BCUT2D eigenvalue weighted by Crippen LogP contribution is -2.40. The summed E-state index contributed by atoms with van der Waals surface area (Å²) in [4.78, 5) is 18.3. The molecule has 1 aliphatic heterocycles. The molecule has 1 atom stereocenters. The van der Waals surface area contributed by atoms with Crippen LogP contribution >= 0.6 is 0 Å². The summed E-state index contributed by atoms with van der Waals surface area (Å²) in [7, 11) is 1.72. The SMILES string of the molecule is CCc1noc(CN(C)C(=O)N[C@H]2CCOc3c(C)cc(C)cc32)n1. The van der Waals surface area contributed by atoms with Gasteiger partial charge in [0.1, 0.15) is 12.3 Å². The number of carbonyl (C=O) groups is 1. The van der Waals surface area contributed by atoms with Crippen LogP contribution < -0.4 is 10.1 Å². The largest absolute Gasteiger partial charge is 0.493 e. The minimum Gasteiger partial charge on any atom is -0.493 e. The number of nitrogens with one attached hydrogen (secondary N) is 1. The van der Waals surface area contributed by atoms with E-state index in [0.717, 1.165) is 28.9 Å². The molecule has 1 aliphatic rings. The Kier molecular flexibility index (Phi) is 4.92. The van der Waals surface area contributed by atoms with Crippen LogP contribution in [0, 0.1) is 13.8 Å². The van der Waals surface area contributed by atoms with Gasteiger partial charge in [0.2, 0.25) is 5.89 Å². The fourth-order valence-corrected chi connectivity index (χ4v) is 3.06. The Balaban J connectivity index is 1.69. The molecule has 0 aliphatic carbocycles. The van der Waals surface area contributed by atoms with Crippen molar-refractivity contribution in [1.29, 1.82) is 0 Å². The molecule has 0 bridgehead atoms. The number of amides is 2. The molecule has 0 spiro atoms. The highest BCUT2D eigenvalue weighted by molar-refractivity contribution is 5.74. The number of carbonyl (C=O) groups excluding carboxylic acids is 1. The number of ether oxygens (including phenoxy) is 1. The number of aryl methyl sites for hydroxylation is 3. The van der Waals surface area contributed by atoms with Gasteiger partial charge in [-0.2, -0.15) is 4.98 Å². The first-order chi connectivity index (χ1) is 12.0. The van der Waals surface area contributed by atoms with Gasteiger partial charge in [-0.1, -0.05) is 29.8 Å². The van der Waals surface area contributed by atoms with Crippen molar-refractivity contribution in [2.75, 3.05) is 13.7 Å². The van der Waals surface area contributed by atoms with Gasteiger partial charge in [-0.05, 0) is 19.4 Å². The monoisotopic (exact) mass is 344 g/mol. The highest BCUT2D eigenvalue weighted by atomic mass is 16.5. The third-order valence-corrected chi connectivity index (χ3v) is 4.32. The Labute approximate surface area is 147 Å². The Morgan fingerprint density at radius 1 is 1.40 bits per heavy atom. The van der Waals surface area contributed by atoms with Gasteiger partial charge in [0.05, 0.1) is 12.6 Å². The predicted molar refractivity (Wildman–Crippen MR) is 92.4 cm³/mol. The Morgan fingerprint density at radius 2 is 2.20 bits per heavy atom. The zero-order chi connectivity index (χ0) is 18.0. The van der Waals surface area contributed by atoms with Gasteiger partial charge in [-0.15, -0.1) is 0 Å². The number of nitrogens with zero attached hydrogens (tertiary/aromatic N) is 3. The van der Waals surface area contributed by atoms with Crippen molar-refractivity contribution in [3.8, 4) is 5.75 Å². The van der Waals surface area contributed by atoms with E-state index in [4.69, 9.17) is 9.26 Å². The second-order valence-electron chi connectivity index (χ2n) is 6.45. The van der Waals surface area contributed by atoms with E-state index in [-0.39, 0.29) is 18.6 Å². The molecule has 7 nitrogen and oxygen atoms in total. The zero-order valence-corrected chi connectivity index (χ0v) is 15.1. The van der Waals surface area contributed by atoms with Crippen molar-refractivity contribution in [2.45, 2.75) is 46.2 Å². The normalized spacial score (nSPS) is 16.1. The number of fused-ring (bicyclic) bond motifs is 1. The smallest absolute Gasteiger partial charge is 0.318 e. The Bertz CT molecular complexity index is 772. The van der Waals surface area contributed by atoms with Crippen LogP contribution in [0.4, 0.5) is 4.79 Å². The molecule has 25 heavy (non-hydrogen) atoms. The summed E-state index contributed by atoms with van der Waals surface area (Å²) in [5, 5.41) is 6.94. The molecule has 0 fully saturated rings. The summed E-state index contributed by atoms with van der Waals surface area (Å²) >= 11 is 0. The fourth-order valence-electron chi connectivity index (χ4n) is 3.06. The maximum Gasteiger partial charge on any atom is 0.318 e. The predicted octanol–water partition coefficient (Wildman–Crippen LogP) is 2.91. The molecule has 0 radical (unpaired) electrons. The summed E-state index contributed by atoms with van der Waals surface area (Å²) < 4.78 is 10.9. The number of rotatable bonds is 4. The highest BCUT2D eigenvalue weighted by Gasteiger charge is 2.26. The van der Waals surface area contributed by atoms with Crippen LogP contribution in [0.1, 0.15) is 47.8 Å². The first-order valence-electron chi connectivity index (χ1n) is 8.55. The Morgan fingerprint density at radius 3 is 2.92 bits per heavy atom. The van der Waals surface area contributed by atoms with Crippen LogP contribution in [0.15, 0.2) is 16.7 Å². The fraction of sp³-hybridized carbons (Fsp3) is 0.500. The molecule has 0 saturated heterocycles. The van der Waals surface area contributed by atoms with E-state index >= 15 is 0 Å². The summed E-state index contributed by atoms with van der Waals surface area (Å²) in [6.07, 6.45) is 1.45. The molecule has 2 aromatic rings. The topological polar surface area (TPSA) is 80.5 Å². The molecule has 1 aromatic heterocycles. The lowest BCUT2D eigenvalue weighted by atomic mass is 9.96. The third-order valence-electron chi connectivity index (χ3n) is 4.32. The first-order valence-corrected chi connectivity index (χ1v) is 8.55. The van der Waals surface area contributed by atoms with E-state index < -0.39 is 0 Å². The van der Waals surface area contributed by atoms with Gasteiger partial charge in [-0.3, -0.25) is 0 Å². The van der Waals surface area contributed by atoms with E-state index in [0.29, 0.717) is 24.7 Å². The summed E-state index contributed by atoms with van der Waals surface area (Å²) in [6.45, 7) is 6.91. The molecule has 1 aromatic carbocycles. The van der Waals surface area contributed by atoms with E-state index in [1.54, 1.807) is 11.9 Å². The molecule has 3 rings (SSSR count). The van der Waals surface area contributed by atoms with Crippen LogP contribution in [-0.4, -0.2) is 34.7 Å². The van der Waals surface area contributed by atoms with Crippen LogP contribution in [-0.2, 0) is 13.0 Å². The van der Waals surface area contributed by atoms with E-state index in [9.17, 15) is 4.79 Å². The average Bonchev–Trinajstić information content (AvgIpc) is 3.03. The van der Waals surface area contributed by atoms with E-state index in [2.05, 4.69) is 27.6 Å². The van der Waals surface area contributed by atoms with Crippen LogP contribution in [0.2, 0.25) is 0 Å². The molecule has 7 heteroatoms. The van der Waals surface area contributed by atoms with Crippen molar-refractivity contribution in [3.05, 3.63) is 40.5 Å². The standard InChI is InChI=1S/C18H24N4O3/c1-5-15-20-16(25-21-15)10-22(4)18(23)19-14-6-7-24-17-12(3)8-11(2)9-13(14)17/h8-9,14H,5-7,10H2,1-4H3,(H,19,23)/t14-/m0/s1. The van der Waals surface area contributed by atoms with Crippen molar-refractivity contribution in [3.63, 3.8) is 0 Å². The summed E-state index contributed by atoms with van der Waals surface area (Å²) in [5.74, 6) is 1.97. The number of benzene rings is 1. The maximum absolute atomic E-state index is 12.6. The van der Waals surface area contributed by atoms with Gasteiger partial charge in [0.15, 0.2) is 5.82 Å². The second-order valence-corrected chi connectivity index (χ2v) is 6.45. The minimum absolute atomic E-state index is 0.0637. The molecular weight excluding hydrogens is 320 g/mol. The van der Waals surface area contributed by atoms with Crippen LogP contribution in [0.3, 0.4) is 0 Å². The van der Waals surface area contributed by atoms with Gasteiger partial charge < -0.3 is 19.5 Å². The van der Waals surface area contributed by atoms with Crippen molar-refractivity contribution >= 4 is 6.03 Å².